The van der Waals surface area contributed by atoms with Crippen molar-refractivity contribution in [2.75, 3.05) is 0 Å². The quantitative estimate of drug-likeness (QED) is 0.747. The van der Waals surface area contributed by atoms with Crippen molar-refractivity contribution >= 4 is 17.6 Å². The number of aromatic carboxylic acids is 1. The van der Waals surface area contributed by atoms with Crippen molar-refractivity contribution in [2.45, 2.75) is 18.9 Å². The Morgan fingerprint density at radius 3 is 2.93 bits per heavy atom. The Bertz CT molecular complexity index is 403. The van der Waals surface area contributed by atoms with E-state index < -0.39 is 5.97 Å². The lowest BCUT2D eigenvalue weighted by molar-refractivity contribution is 0.0697. The third kappa shape index (κ3) is 1.38. The van der Waals surface area contributed by atoms with Gasteiger partial charge in [0.25, 0.3) is 0 Å². The van der Waals surface area contributed by atoms with E-state index in [2.05, 4.69) is 0 Å². The van der Waals surface area contributed by atoms with Gasteiger partial charge in [0.05, 0.1) is 10.6 Å². The predicted octanol–water partition coefficient (Wildman–Crippen LogP) is 1.98. The first kappa shape index (κ1) is 9.49. The van der Waals surface area contributed by atoms with Crippen LogP contribution < -0.4 is 5.73 Å². The molecule has 1 aliphatic carbocycles. The summed E-state index contributed by atoms with van der Waals surface area (Å²) < 4.78 is 0. The molecule has 3 N–H and O–H groups in total. The molecule has 0 aromatic heterocycles. The molecule has 0 unspecified atom stereocenters. The molecule has 0 fully saturated rings. The van der Waals surface area contributed by atoms with Crippen molar-refractivity contribution in [1.29, 1.82) is 0 Å². The standard InChI is InChI=1S/C10H10ClNO2/c11-8-4-6-5(1-2-9(6)12)3-7(8)10(13)14/h3-4,9H,1-2,12H2,(H,13,14)/t9-/m0/s1. The van der Waals surface area contributed by atoms with Crippen LogP contribution in [0.1, 0.15) is 33.9 Å². The summed E-state index contributed by atoms with van der Waals surface area (Å²) in [5, 5.41) is 9.12. The Kier molecular flexibility index (Phi) is 2.21. The highest BCUT2D eigenvalue weighted by molar-refractivity contribution is 6.33. The van der Waals surface area contributed by atoms with Gasteiger partial charge >= 0.3 is 5.97 Å². The molecule has 0 radical (unpaired) electrons. The average Bonchev–Trinajstić information content (AvgIpc) is 2.46. The zero-order chi connectivity index (χ0) is 10.3. The van der Waals surface area contributed by atoms with Crippen molar-refractivity contribution < 1.29 is 9.90 Å². The van der Waals surface area contributed by atoms with Gasteiger partial charge in [-0.1, -0.05) is 11.6 Å². The molecular formula is C10H10ClNO2. The molecule has 0 heterocycles. The van der Waals surface area contributed by atoms with Crippen LogP contribution >= 0.6 is 11.6 Å². The largest absolute Gasteiger partial charge is 0.478 e. The number of carboxylic acids is 1. The zero-order valence-corrected chi connectivity index (χ0v) is 8.21. The van der Waals surface area contributed by atoms with Gasteiger partial charge in [-0.25, -0.2) is 4.79 Å². The van der Waals surface area contributed by atoms with Crippen LogP contribution in [0.5, 0.6) is 0 Å². The topological polar surface area (TPSA) is 63.3 Å². The first-order chi connectivity index (χ1) is 6.59. The van der Waals surface area contributed by atoms with Crippen molar-refractivity contribution in [3.05, 3.63) is 33.8 Å². The van der Waals surface area contributed by atoms with Gasteiger partial charge in [-0.05, 0) is 36.1 Å². The molecular weight excluding hydrogens is 202 g/mol. The molecule has 0 saturated carbocycles. The number of hydrogen-bond donors (Lipinski definition) is 2. The smallest absolute Gasteiger partial charge is 0.337 e. The first-order valence-corrected chi connectivity index (χ1v) is 4.78. The number of benzene rings is 1. The molecule has 4 heteroatoms. The molecule has 74 valence electrons. The lowest BCUT2D eigenvalue weighted by atomic mass is 10.1. The van der Waals surface area contributed by atoms with Crippen molar-refractivity contribution in [3.8, 4) is 0 Å². The number of carboxylic acid groups (broad SMARTS) is 1. The Hall–Kier alpha value is -1.06. The number of carbonyl (C=O) groups is 1. The second kappa shape index (κ2) is 3.26. The van der Waals surface area contributed by atoms with E-state index in [0.717, 1.165) is 24.0 Å². The molecule has 1 aliphatic rings. The second-order valence-corrected chi connectivity index (χ2v) is 3.89. The van der Waals surface area contributed by atoms with Crippen LogP contribution in [0.15, 0.2) is 12.1 Å². The summed E-state index contributed by atoms with van der Waals surface area (Å²) in [6, 6.07) is 3.32. The summed E-state index contributed by atoms with van der Waals surface area (Å²) in [6.07, 6.45) is 1.71. The number of aryl methyl sites for hydroxylation is 1. The van der Waals surface area contributed by atoms with Crippen molar-refractivity contribution in [3.63, 3.8) is 0 Å². The molecule has 0 bridgehead atoms. The van der Waals surface area contributed by atoms with E-state index in [9.17, 15) is 4.79 Å². The van der Waals surface area contributed by atoms with Crippen LogP contribution in [0.2, 0.25) is 5.02 Å². The van der Waals surface area contributed by atoms with Gasteiger partial charge in [0.2, 0.25) is 0 Å². The number of hydrogen-bond acceptors (Lipinski definition) is 2. The summed E-state index contributed by atoms with van der Waals surface area (Å²) >= 11 is 5.83. The van der Waals surface area contributed by atoms with Gasteiger partial charge in [-0.3, -0.25) is 0 Å². The minimum absolute atomic E-state index is 0.00495. The van der Waals surface area contributed by atoms with Gasteiger partial charge in [0.1, 0.15) is 0 Å². The third-order valence-electron chi connectivity index (χ3n) is 2.58. The lowest BCUT2D eigenvalue weighted by Crippen LogP contribution is -2.06. The summed E-state index contributed by atoms with van der Waals surface area (Å²) in [6.45, 7) is 0. The van der Waals surface area contributed by atoms with Gasteiger partial charge < -0.3 is 10.8 Å². The molecule has 1 atom stereocenters. The Labute approximate surface area is 86.5 Å². The van der Waals surface area contributed by atoms with Crippen LogP contribution in [0.4, 0.5) is 0 Å². The minimum Gasteiger partial charge on any atom is -0.478 e. The lowest BCUT2D eigenvalue weighted by Gasteiger charge is -2.06. The average molecular weight is 212 g/mol. The van der Waals surface area contributed by atoms with Crippen LogP contribution in [0.25, 0.3) is 0 Å². The van der Waals surface area contributed by atoms with Gasteiger partial charge in [-0.2, -0.15) is 0 Å². The molecule has 0 spiro atoms. The number of nitrogens with two attached hydrogens (primary N) is 1. The maximum atomic E-state index is 10.8. The van der Waals surface area contributed by atoms with Crippen LogP contribution in [-0.4, -0.2) is 11.1 Å². The number of halogens is 1. The molecule has 2 rings (SSSR count). The first-order valence-electron chi connectivity index (χ1n) is 4.41. The number of fused-ring (bicyclic) bond motifs is 1. The minimum atomic E-state index is -0.988. The van der Waals surface area contributed by atoms with E-state index in [1.54, 1.807) is 12.1 Å². The summed E-state index contributed by atoms with van der Waals surface area (Å²) in [5.74, 6) is -0.988. The summed E-state index contributed by atoms with van der Waals surface area (Å²) in [5.41, 5.74) is 8.00. The molecule has 14 heavy (non-hydrogen) atoms. The Morgan fingerprint density at radius 1 is 1.57 bits per heavy atom. The summed E-state index contributed by atoms with van der Waals surface area (Å²) in [7, 11) is 0. The van der Waals surface area contributed by atoms with E-state index >= 15 is 0 Å². The normalized spacial score (nSPS) is 19.4. The molecule has 1 aromatic carbocycles. The molecule has 0 aliphatic heterocycles. The Balaban J connectivity index is 2.55. The highest BCUT2D eigenvalue weighted by atomic mass is 35.5. The SMILES string of the molecule is N[C@H]1CCc2cc(C(=O)O)c(Cl)cc21. The van der Waals surface area contributed by atoms with Gasteiger partial charge in [0.15, 0.2) is 0 Å². The third-order valence-corrected chi connectivity index (χ3v) is 2.90. The highest BCUT2D eigenvalue weighted by Gasteiger charge is 2.22. The fraction of sp³-hybridized carbons (Fsp3) is 0.300. The Morgan fingerprint density at radius 2 is 2.29 bits per heavy atom. The summed E-state index contributed by atoms with van der Waals surface area (Å²) in [4.78, 5) is 10.8. The highest BCUT2D eigenvalue weighted by Crippen LogP contribution is 2.33. The van der Waals surface area contributed by atoms with Gasteiger partial charge in [-0.15, -0.1) is 0 Å². The fourth-order valence-corrected chi connectivity index (χ4v) is 2.08. The van der Waals surface area contributed by atoms with E-state index in [4.69, 9.17) is 22.4 Å². The van der Waals surface area contributed by atoms with Crippen LogP contribution in [0, 0.1) is 0 Å². The van der Waals surface area contributed by atoms with Crippen LogP contribution in [-0.2, 0) is 6.42 Å². The maximum Gasteiger partial charge on any atom is 0.337 e. The van der Waals surface area contributed by atoms with Crippen molar-refractivity contribution in [2.24, 2.45) is 5.73 Å². The molecule has 1 aromatic rings. The molecule has 0 amide bonds. The van der Waals surface area contributed by atoms with Crippen LogP contribution in [0.3, 0.4) is 0 Å². The molecule has 3 nitrogen and oxygen atoms in total. The van der Waals surface area contributed by atoms with E-state index in [1.807, 2.05) is 0 Å². The van der Waals surface area contributed by atoms with E-state index in [0.29, 0.717) is 0 Å². The van der Waals surface area contributed by atoms with Crippen molar-refractivity contribution in [1.82, 2.24) is 0 Å². The predicted molar refractivity (Wildman–Crippen MR) is 53.7 cm³/mol. The second-order valence-electron chi connectivity index (χ2n) is 3.48. The monoisotopic (exact) mass is 211 g/mol. The molecule has 0 saturated heterocycles. The number of rotatable bonds is 1. The van der Waals surface area contributed by atoms with E-state index in [-0.39, 0.29) is 16.6 Å². The zero-order valence-electron chi connectivity index (χ0n) is 7.46. The van der Waals surface area contributed by atoms with Gasteiger partial charge in [0, 0.05) is 6.04 Å². The maximum absolute atomic E-state index is 10.8. The van der Waals surface area contributed by atoms with E-state index in [1.165, 1.54) is 0 Å². The fourth-order valence-electron chi connectivity index (χ4n) is 1.83.